The van der Waals surface area contributed by atoms with Gasteiger partial charge in [-0.2, -0.15) is 0 Å². The fraction of sp³-hybridized carbons (Fsp3) is 1.00. The Morgan fingerprint density at radius 2 is 1.73 bits per heavy atom. The summed E-state index contributed by atoms with van der Waals surface area (Å²) in [5.41, 5.74) is 0. The molecule has 0 aromatic carbocycles. The van der Waals surface area contributed by atoms with Gasteiger partial charge in [-0.05, 0) is 12.2 Å². The highest BCUT2D eigenvalue weighted by Crippen LogP contribution is 2.27. The van der Waals surface area contributed by atoms with Crippen LogP contribution < -0.4 is 0 Å². The zero-order valence-corrected chi connectivity index (χ0v) is 7.00. The summed E-state index contributed by atoms with van der Waals surface area (Å²) in [7, 11) is -1.09. The zero-order chi connectivity index (χ0) is 8.10. The number of rotatable bonds is 3. The second-order valence-corrected chi connectivity index (χ2v) is 3.56. The summed E-state index contributed by atoms with van der Waals surface area (Å²) < 4.78 is 0. The molecule has 0 radical (unpaired) electrons. The van der Waals surface area contributed by atoms with E-state index in [1.165, 1.54) is 32.1 Å². The average molecular weight is 156 g/mol. The van der Waals surface area contributed by atoms with E-state index in [1.54, 1.807) is 0 Å². The molecule has 1 saturated carbocycles. The summed E-state index contributed by atoms with van der Waals surface area (Å²) in [5.74, 6) is 0.769. The third-order valence-corrected chi connectivity index (χ3v) is 2.56. The lowest BCUT2D eigenvalue weighted by Gasteiger charge is -2.20. The van der Waals surface area contributed by atoms with E-state index in [4.69, 9.17) is 10.0 Å². The van der Waals surface area contributed by atoms with Crippen LogP contribution in [0.1, 0.15) is 38.5 Å². The predicted molar refractivity (Wildman–Crippen MR) is 46.2 cm³/mol. The van der Waals surface area contributed by atoms with Gasteiger partial charge in [-0.15, -0.1) is 0 Å². The summed E-state index contributed by atoms with van der Waals surface area (Å²) in [6, 6.07) is 0. The second-order valence-electron chi connectivity index (χ2n) is 3.56. The van der Waals surface area contributed by atoms with Gasteiger partial charge < -0.3 is 10.0 Å². The smallest absolute Gasteiger partial charge is 0.427 e. The van der Waals surface area contributed by atoms with Gasteiger partial charge in [0.25, 0.3) is 0 Å². The number of hydrogen-bond donors (Lipinski definition) is 2. The predicted octanol–water partition coefficient (Wildman–Crippen LogP) is 1.43. The topological polar surface area (TPSA) is 40.5 Å². The maximum Gasteiger partial charge on any atom is 0.451 e. The summed E-state index contributed by atoms with van der Waals surface area (Å²) >= 11 is 0. The van der Waals surface area contributed by atoms with Crippen LogP contribution in [0.15, 0.2) is 0 Å². The first-order chi connectivity index (χ1) is 5.29. The van der Waals surface area contributed by atoms with Gasteiger partial charge in [-0.25, -0.2) is 0 Å². The third-order valence-electron chi connectivity index (χ3n) is 2.56. The molecule has 11 heavy (non-hydrogen) atoms. The van der Waals surface area contributed by atoms with Crippen molar-refractivity contribution in [3.05, 3.63) is 0 Å². The first-order valence-corrected chi connectivity index (χ1v) is 4.65. The molecule has 0 aromatic heterocycles. The molecule has 0 aromatic rings. The molecule has 1 fully saturated rings. The fourth-order valence-electron chi connectivity index (χ4n) is 1.86. The lowest BCUT2D eigenvalue weighted by molar-refractivity contribution is 0.333. The molecular formula is C8H17BO2. The Morgan fingerprint density at radius 3 is 2.27 bits per heavy atom. The molecule has 2 nitrogen and oxygen atoms in total. The normalized spacial score (nSPS) is 20.2. The minimum atomic E-state index is -1.09. The molecule has 1 rings (SSSR count). The summed E-state index contributed by atoms with van der Waals surface area (Å²) in [6.07, 6.45) is 8.21. The molecule has 0 atom stereocenters. The first kappa shape index (κ1) is 9.08. The van der Waals surface area contributed by atoms with E-state index in [1.807, 2.05) is 0 Å². The molecule has 3 heteroatoms. The Kier molecular flexibility index (Phi) is 3.94. The van der Waals surface area contributed by atoms with E-state index < -0.39 is 7.12 Å². The van der Waals surface area contributed by atoms with E-state index in [-0.39, 0.29) is 0 Å². The molecule has 0 saturated heterocycles. The van der Waals surface area contributed by atoms with Crippen molar-refractivity contribution in [1.29, 1.82) is 0 Å². The number of hydrogen-bond acceptors (Lipinski definition) is 2. The Balaban J connectivity index is 2.05. The molecule has 0 aliphatic heterocycles. The lowest BCUT2D eigenvalue weighted by atomic mass is 9.77. The van der Waals surface area contributed by atoms with Crippen LogP contribution in [-0.2, 0) is 0 Å². The van der Waals surface area contributed by atoms with Gasteiger partial charge in [-0.3, -0.25) is 0 Å². The molecule has 1 aliphatic rings. The Labute approximate surface area is 68.8 Å². The highest BCUT2D eigenvalue weighted by molar-refractivity contribution is 6.40. The fourth-order valence-corrected chi connectivity index (χ4v) is 1.86. The van der Waals surface area contributed by atoms with Crippen LogP contribution in [-0.4, -0.2) is 17.2 Å². The van der Waals surface area contributed by atoms with E-state index in [9.17, 15) is 0 Å². The Morgan fingerprint density at radius 1 is 1.09 bits per heavy atom. The third kappa shape index (κ3) is 3.78. The summed E-state index contributed by atoms with van der Waals surface area (Å²) in [6.45, 7) is 0. The molecule has 64 valence electrons. The van der Waals surface area contributed by atoms with Gasteiger partial charge >= 0.3 is 7.12 Å². The van der Waals surface area contributed by atoms with Crippen LogP contribution in [0.2, 0.25) is 6.32 Å². The standard InChI is InChI=1S/C8H17BO2/c10-9(11)7-6-8-4-2-1-3-5-8/h8,10-11H,1-7H2. The molecule has 0 bridgehead atoms. The zero-order valence-electron chi connectivity index (χ0n) is 7.00. The molecule has 0 amide bonds. The monoisotopic (exact) mass is 156 g/mol. The highest BCUT2D eigenvalue weighted by atomic mass is 16.4. The van der Waals surface area contributed by atoms with Crippen LogP contribution in [0.4, 0.5) is 0 Å². The van der Waals surface area contributed by atoms with Crippen molar-refractivity contribution in [2.45, 2.75) is 44.8 Å². The van der Waals surface area contributed by atoms with Gasteiger partial charge in [0.05, 0.1) is 0 Å². The highest BCUT2D eigenvalue weighted by Gasteiger charge is 2.15. The molecule has 0 spiro atoms. The van der Waals surface area contributed by atoms with Crippen molar-refractivity contribution >= 4 is 7.12 Å². The van der Waals surface area contributed by atoms with E-state index in [2.05, 4.69) is 0 Å². The van der Waals surface area contributed by atoms with E-state index in [0.717, 1.165) is 12.3 Å². The Hall–Kier alpha value is -0.0151. The van der Waals surface area contributed by atoms with E-state index >= 15 is 0 Å². The molecule has 0 heterocycles. The van der Waals surface area contributed by atoms with Gasteiger partial charge in [0.2, 0.25) is 0 Å². The maximum atomic E-state index is 8.64. The van der Waals surface area contributed by atoms with Crippen molar-refractivity contribution < 1.29 is 10.0 Å². The molecule has 1 aliphatic carbocycles. The van der Waals surface area contributed by atoms with Crippen molar-refractivity contribution in [2.75, 3.05) is 0 Å². The molecule has 0 unspecified atom stereocenters. The summed E-state index contributed by atoms with van der Waals surface area (Å²) in [4.78, 5) is 0. The Bertz CT molecular complexity index is 100. The van der Waals surface area contributed by atoms with Crippen molar-refractivity contribution in [3.63, 3.8) is 0 Å². The lowest BCUT2D eigenvalue weighted by Crippen LogP contribution is -2.14. The van der Waals surface area contributed by atoms with Gasteiger partial charge in [0.1, 0.15) is 0 Å². The SMILES string of the molecule is OB(O)CCC1CCCCC1. The quantitative estimate of drug-likeness (QED) is 0.606. The van der Waals surface area contributed by atoms with Crippen LogP contribution >= 0.6 is 0 Å². The minimum absolute atomic E-state index is 0.560. The van der Waals surface area contributed by atoms with E-state index in [0.29, 0.717) is 6.32 Å². The largest absolute Gasteiger partial charge is 0.451 e. The first-order valence-electron chi connectivity index (χ1n) is 4.65. The van der Waals surface area contributed by atoms with Gasteiger partial charge in [0.15, 0.2) is 0 Å². The van der Waals surface area contributed by atoms with Crippen LogP contribution in [0.25, 0.3) is 0 Å². The molecular weight excluding hydrogens is 139 g/mol. The minimum Gasteiger partial charge on any atom is -0.427 e. The molecule has 2 N–H and O–H groups in total. The van der Waals surface area contributed by atoms with Crippen LogP contribution in [0, 0.1) is 5.92 Å². The van der Waals surface area contributed by atoms with Crippen LogP contribution in [0.5, 0.6) is 0 Å². The van der Waals surface area contributed by atoms with Crippen molar-refractivity contribution in [2.24, 2.45) is 5.92 Å². The van der Waals surface area contributed by atoms with Crippen molar-refractivity contribution in [1.82, 2.24) is 0 Å². The summed E-state index contributed by atoms with van der Waals surface area (Å²) in [5, 5.41) is 17.3. The van der Waals surface area contributed by atoms with Gasteiger partial charge in [-0.1, -0.05) is 38.5 Å². The maximum absolute atomic E-state index is 8.64. The second kappa shape index (κ2) is 4.78. The average Bonchev–Trinajstić information content (AvgIpc) is 2.03. The van der Waals surface area contributed by atoms with Crippen molar-refractivity contribution in [3.8, 4) is 0 Å². The van der Waals surface area contributed by atoms with Crippen LogP contribution in [0.3, 0.4) is 0 Å². The van der Waals surface area contributed by atoms with Gasteiger partial charge in [0, 0.05) is 0 Å².